The molecule has 2 aliphatic heterocycles. The smallest absolute Gasteiger partial charge is 0.152 e. The Morgan fingerprint density at radius 2 is 1.78 bits per heavy atom. The number of fused-ring (bicyclic) bond motifs is 3. The Balaban J connectivity index is 1.42. The summed E-state index contributed by atoms with van der Waals surface area (Å²) in [6.07, 6.45) is 8.38. The molecule has 0 saturated carbocycles. The Labute approximate surface area is 192 Å². The van der Waals surface area contributed by atoms with Crippen LogP contribution in [0.1, 0.15) is 22.2 Å². The third-order valence-electron chi connectivity index (χ3n) is 6.26. The number of thioether (sulfide) groups is 1. The second-order valence-electron chi connectivity index (χ2n) is 8.01. The van der Waals surface area contributed by atoms with E-state index >= 15 is 0 Å². The summed E-state index contributed by atoms with van der Waals surface area (Å²) >= 11 is 3.59. The average Bonchev–Trinajstić information content (AvgIpc) is 3.61. The number of nitrogens with zero attached hydrogens (tertiary/aromatic N) is 3. The lowest BCUT2D eigenvalue weighted by atomic mass is 9.82. The predicted molar refractivity (Wildman–Crippen MR) is 127 cm³/mol. The van der Waals surface area contributed by atoms with Gasteiger partial charge in [0, 0.05) is 36.0 Å². The molecule has 5 nitrogen and oxygen atoms in total. The summed E-state index contributed by atoms with van der Waals surface area (Å²) in [6.45, 7) is 0. The van der Waals surface area contributed by atoms with Crippen LogP contribution in [0.3, 0.4) is 0 Å². The largest absolute Gasteiger partial charge is 0.486 e. The number of rotatable bonds is 3. The quantitative estimate of drug-likeness (QED) is 0.329. The first kappa shape index (κ1) is 18.4. The van der Waals surface area contributed by atoms with Gasteiger partial charge in [0.05, 0.1) is 21.8 Å². The molecule has 5 aromatic heterocycles. The van der Waals surface area contributed by atoms with Gasteiger partial charge in [0.1, 0.15) is 27.9 Å². The van der Waals surface area contributed by atoms with Crippen molar-refractivity contribution < 1.29 is 9.15 Å². The molecule has 0 saturated heterocycles. The first-order valence-corrected chi connectivity index (χ1v) is 12.2. The van der Waals surface area contributed by atoms with Gasteiger partial charge < -0.3 is 9.15 Å². The van der Waals surface area contributed by atoms with Gasteiger partial charge in [0.2, 0.25) is 0 Å². The highest BCUT2D eigenvalue weighted by atomic mass is 32.2. The number of pyridine rings is 3. The van der Waals surface area contributed by atoms with Crippen LogP contribution < -0.4 is 4.74 Å². The van der Waals surface area contributed by atoms with Gasteiger partial charge in [-0.25, -0.2) is 0 Å². The number of hydrogen-bond donors (Lipinski definition) is 0. The molecular weight excluding hydrogens is 438 g/mol. The van der Waals surface area contributed by atoms with Crippen molar-refractivity contribution in [3.8, 4) is 5.75 Å². The molecule has 0 radical (unpaired) electrons. The Kier molecular flexibility index (Phi) is 3.98. The third-order valence-corrected chi connectivity index (χ3v) is 9.05. The van der Waals surface area contributed by atoms with Crippen LogP contribution in [0.2, 0.25) is 0 Å². The zero-order chi connectivity index (χ0) is 21.1. The normalized spacial score (nSPS) is 24.2. The zero-order valence-corrected chi connectivity index (χ0v) is 18.5. The van der Waals surface area contributed by atoms with E-state index in [1.165, 1.54) is 9.58 Å². The molecule has 0 N–H and O–H groups in total. The van der Waals surface area contributed by atoms with Crippen molar-refractivity contribution in [3.63, 3.8) is 0 Å². The number of allylic oxidation sites excluding steroid dienone is 1. The van der Waals surface area contributed by atoms with Crippen LogP contribution >= 0.6 is 23.1 Å². The first-order chi connectivity index (χ1) is 15.8. The van der Waals surface area contributed by atoms with Crippen LogP contribution in [0.15, 0.2) is 83.0 Å². The van der Waals surface area contributed by atoms with E-state index in [4.69, 9.17) is 9.15 Å². The zero-order valence-electron chi connectivity index (χ0n) is 16.8. The van der Waals surface area contributed by atoms with Crippen LogP contribution in [0.5, 0.6) is 5.75 Å². The minimum Gasteiger partial charge on any atom is -0.486 e. The SMILES string of the molecule is C1=CC(c2cc3ncccc3o2)C(c2cc3ncccc3s2)(C2Cc3ncccc3O2)S1. The molecular formula is C25H17N3O2S2. The van der Waals surface area contributed by atoms with E-state index in [2.05, 4.69) is 44.6 Å². The summed E-state index contributed by atoms with van der Waals surface area (Å²) in [5.74, 6) is 1.76. The molecule has 3 atom stereocenters. The predicted octanol–water partition coefficient (Wildman–Crippen LogP) is 6.08. The second kappa shape index (κ2) is 6.92. The molecule has 0 aliphatic carbocycles. The summed E-state index contributed by atoms with van der Waals surface area (Å²) in [5, 5.41) is 2.18. The van der Waals surface area contributed by atoms with Gasteiger partial charge in [0.15, 0.2) is 5.58 Å². The fourth-order valence-electron chi connectivity index (χ4n) is 4.80. The van der Waals surface area contributed by atoms with Gasteiger partial charge in [-0.15, -0.1) is 23.1 Å². The maximum atomic E-state index is 6.58. The Morgan fingerprint density at radius 3 is 2.66 bits per heavy atom. The van der Waals surface area contributed by atoms with E-state index in [1.807, 2.05) is 54.5 Å². The summed E-state index contributed by atoms with van der Waals surface area (Å²) in [5.41, 5.74) is 3.70. The fraction of sp³-hybridized carbons (Fsp3) is 0.160. The van der Waals surface area contributed by atoms with Crippen molar-refractivity contribution in [2.75, 3.05) is 0 Å². The van der Waals surface area contributed by atoms with E-state index in [9.17, 15) is 0 Å². The van der Waals surface area contributed by atoms with E-state index in [-0.39, 0.29) is 16.8 Å². The molecule has 32 heavy (non-hydrogen) atoms. The van der Waals surface area contributed by atoms with E-state index in [0.29, 0.717) is 0 Å². The fourth-order valence-corrected chi connectivity index (χ4v) is 7.51. The summed E-state index contributed by atoms with van der Waals surface area (Å²) in [6, 6.07) is 16.2. The summed E-state index contributed by atoms with van der Waals surface area (Å²) in [4.78, 5) is 14.9. The van der Waals surface area contributed by atoms with Gasteiger partial charge >= 0.3 is 0 Å². The lowest BCUT2D eigenvalue weighted by Gasteiger charge is -2.37. The number of aromatic nitrogens is 3. The molecule has 0 fully saturated rings. The highest BCUT2D eigenvalue weighted by molar-refractivity contribution is 8.03. The molecule has 7 rings (SSSR count). The van der Waals surface area contributed by atoms with Crippen molar-refractivity contribution >= 4 is 44.4 Å². The third kappa shape index (κ3) is 2.61. The topological polar surface area (TPSA) is 61.0 Å². The Bertz CT molecular complexity index is 1420. The van der Waals surface area contributed by atoms with Crippen LogP contribution in [-0.4, -0.2) is 21.1 Å². The van der Waals surface area contributed by atoms with Crippen molar-refractivity contribution in [1.29, 1.82) is 0 Å². The van der Waals surface area contributed by atoms with Gasteiger partial charge in [-0.1, -0.05) is 6.08 Å². The highest BCUT2D eigenvalue weighted by Gasteiger charge is 2.55. The van der Waals surface area contributed by atoms with E-state index in [0.717, 1.165) is 40.2 Å². The number of hydrogen-bond acceptors (Lipinski definition) is 7. The molecule has 0 spiro atoms. The first-order valence-electron chi connectivity index (χ1n) is 10.5. The van der Waals surface area contributed by atoms with Crippen molar-refractivity contribution in [2.24, 2.45) is 0 Å². The van der Waals surface area contributed by atoms with Crippen LogP contribution in [0.4, 0.5) is 0 Å². The minimum absolute atomic E-state index is 0.00549. The van der Waals surface area contributed by atoms with Crippen LogP contribution in [0, 0.1) is 0 Å². The van der Waals surface area contributed by atoms with Crippen LogP contribution in [-0.2, 0) is 11.2 Å². The second-order valence-corrected chi connectivity index (χ2v) is 10.3. The van der Waals surface area contributed by atoms with E-state index < -0.39 is 0 Å². The van der Waals surface area contributed by atoms with E-state index in [1.54, 1.807) is 17.5 Å². The molecule has 5 aromatic rings. The molecule has 7 heteroatoms. The number of furan rings is 1. The maximum Gasteiger partial charge on any atom is 0.152 e. The Hall–Kier alpha value is -3.16. The van der Waals surface area contributed by atoms with Gasteiger partial charge in [-0.3, -0.25) is 15.0 Å². The molecule has 3 unspecified atom stereocenters. The van der Waals surface area contributed by atoms with Crippen molar-refractivity contribution in [1.82, 2.24) is 15.0 Å². The van der Waals surface area contributed by atoms with Crippen LogP contribution in [0.25, 0.3) is 21.3 Å². The van der Waals surface area contributed by atoms with Gasteiger partial charge in [0.25, 0.3) is 0 Å². The molecule has 0 amide bonds. The van der Waals surface area contributed by atoms with Crippen molar-refractivity contribution in [3.05, 3.63) is 94.9 Å². The van der Waals surface area contributed by atoms with Gasteiger partial charge in [-0.05, 0) is 47.9 Å². The maximum absolute atomic E-state index is 6.58. The van der Waals surface area contributed by atoms with Gasteiger partial charge in [-0.2, -0.15) is 0 Å². The number of ether oxygens (including phenoxy) is 1. The average molecular weight is 456 g/mol. The summed E-state index contributed by atoms with van der Waals surface area (Å²) in [7, 11) is 0. The number of thiophene rings is 1. The summed E-state index contributed by atoms with van der Waals surface area (Å²) < 4.78 is 13.7. The molecule has 7 heterocycles. The monoisotopic (exact) mass is 455 g/mol. The molecule has 0 bridgehead atoms. The Morgan fingerprint density at radius 1 is 0.938 bits per heavy atom. The van der Waals surface area contributed by atoms with Crippen molar-refractivity contribution in [2.45, 2.75) is 23.2 Å². The lowest BCUT2D eigenvalue weighted by molar-refractivity contribution is 0.170. The molecule has 156 valence electrons. The highest BCUT2D eigenvalue weighted by Crippen LogP contribution is 2.60. The lowest BCUT2D eigenvalue weighted by Crippen LogP contribution is -2.42. The minimum atomic E-state index is -0.389. The molecule has 2 aliphatic rings. The standard InChI is InChI=1S/C25H17N3O2S2/c1-4-19-16(26-8-1)12-21(29-19)15-7-11-31-25(15,23-13-17-20(30-23)5-2-9-27-17)24-14-18-22(32-24)6-3-10-28-18/h1-12,14-15,23H,13H2. The molecule has 0 aromatic carbocycles.